The predicted molar refractivity (Wildman–Crippen MR) is 113 cm³/mol. The van der Waals surface area contributed by atoms with Crippen LogP contribution in [0.3, 0.4) is 0 Å². The molecule has 0 fully saturated rings. The molecule has 1 aliphatic heterocycles. The molecule has 1 amide bonds. The second-order valence-electron chi connectivity index (χ2n) is 6.27. The molecule has 0 saturated heterocycles. The van der Waals surface area contributed by atoms with Gasteiger partial charge >= 0.3 is 0 Å². The van der Waals surface area contributed by atoms with E-state index in [0.29, 0.717) is 10.7 Å². The number of halogens is 1. The molecule has 0 aliphatic carbocycles. The summed E-state index contributed by atoms with van der Waals surface area (Å²) in [5, 5.41) is 3.93. The number of nitrogens with one attached hydrogen (secondary N) is 1. The average molecular weight is 430 g/mol. The van der Waals surface area contributed by atoms with Crippen molar-refractivity contribution >= 4 is 44.9 Å². The first kappa shape index (κ1) is 18.6. The molecule has 4 nitrogen and oxygen atoms in total. The number of likely N-dealkylation sites (N-methyl/N-ethyl adjacent to an activating group) is 1. The third kappa shape index (κ3) is 3.39. The number of hydrogen-bond acceptors (Lipinski definition) is 2. The van der Waals surface area contributed by atoms with Crippen molar-refractivity contribution in [2.75, 3.05) is 19.0 Å². The number of amides is 1. The van der Waals surface area contributed by atoms with Crippen LogP contribution in [0.4, 0.5) is 5.69 Å². The first-order valence-corrected chi connectivity index (χ1v) is 9.44. The molecule has 26 heavy (non-hydrogen) atoms. The van der Waals surface area contributed by atoms with E-state index in [1.807, 2.05) is 66.4 Å². The van der Waals surface area contributed by atoms with Crippen LogP contribution in [0.5, 0.6) is 0 Å². The molecule has 134 valence electrons. The van der Waals surface area contributed by atoms with Crippen LogP contribution in [0.25, 0.3) is 0 Å². The minimum absolute atomic E-state index is 0.0424. The van der Waals surface area contributed by atoms with Crippen LogP contribution in [0.1, 0.15) is 18.5 Å². The number of thiocarbonyl (C=S) groups is 1. The van der Waals surface area contributed by atoms with Crippen LogP contribution in [0.15, 0.2) is 70.3 Å². The number of nitrogens with zero attached hydrogens (tertiary/aromatic N) is 2. The lowest BCUT2D eigenvalue weighted by atomic mass is 9.94. The summed E-state index contributed by atoms with van der Waals surface area (Å²) < 4.78 is 0.935. The van der Waals surface area contributed by atoms with Gasteiger partial charge in [0.05, 0.1) is 11.6 Å². The van der Waals surface area contributed by atoms with Crippen molar-refractivity contribution in [3.63, 3.8) is 0 Å². The van der Waals surface area contributed by atoms with Gasteiger partial charge in [-0.05, 0) is 42.9 Å². The Kier molecular flexibility index (Phi) is 5.44. The quantitative estimate of drug-likeness (QED) is 0.739. The van der Waals surface area contributed by atoms with Gasteiger partial charge in [-0.15, -0.1) is 0 Å². The van der Waals surface area contributed by atoms with Gasteiger partial charge in [0.15, 0.2) is 5.11 Å². The summed E-state index contributed by atoms with van der Waals surface area (Å²) in [7, 11) is 3.53. The standard InChI is InChI=1S/C20H20BrN3OS/c1-13-17(19(25)23(2)3)18(15-11-7-8-12-16(15)21)22-20(26)24(13)14-9-5-4-6-10-14/h4-12,18H,1-3H3,(H,22,26). The highest BCUT2D eigenvalue weighted by Crippen LogP contribution is 2.36. The molecule has 1 atom stereocenters. The van der Waals surface area contributed by atoms with Crippen LogP contribution in [-0.4, -0.2) is 30.0 Å². The van der Waals surface area contributed by atoms with Gasteiger partial charge in [0.1, 0.15) is 0 Å². The summed E-state index contributed by atoms with van der Waals surface area (Å²) in [4.78, 5) is 16.5. The highest BCUT2D eigenvalue weighted by Gasteiger charge is 2.35. The fraction of sp³-hybridized carbons (Fsp3) is 0.200. The van der Waals surface area contributed by atoms with E-state index in [2.05, 4.69) is 21.2 Å². The van der Waals surface area contributed by atoms with Crippen LogP contribution in [0.2, 0.25) is 0 Å². The van der Waals surface area contributed by atoms with E-state index < -0.39 is 0 Å². The second-order valence-corrected chi connectivity index (χ2v) is 7.51. The van der Waals surface area contributed by atoms with E-state index >= 15 is 0 Å². The van der Waals surface area contributed by atoms with Crippen molar-refractivity contribution in [1.82, 2.24) is 10.2 Å². The molecule has 2 aromatic rings. The number of hydrogen-bond donors (Lipinski definition) is 1. The Morgan fingerprint density at radius 1 is 1.12 bits per heavy atom. The van der Waals surface area contributed by atoms with E-state index in [9.17, 15) is 4.79 Å². The molecule has 1 heterocycles. The molecule has 0 saturated carbocycles. The van der Waals surface area contributed by atoms with Gasteiger partial charge < -0.3 is 10.2 Å². The van der Waals surface area contributed by atoms with Crippen LogP contribution in [0, 0.1) is 0 Å². The molecule has 1 N–H and O–H groups in total. The highest BCUT2D eigenvalue weighted by molar-refractivity contribution is 9.10. The molecule has 0 aromatic heterocycles. The van der Waals surface area contributed by atoms with Crippen LogP contribution < -0.4 is 10.2 Å². The lowest BCUT2D eigenvalue weighted by molar-refractivity contribution is -0.125. The Morgan fingerprint density at radius 3 is 2.35 bits per heavy atom. The summed E-state index contributed by atoms with van der Waals surface area (Å²) >= 11 is 9.25. The SMILES string of the molecule is CC1=C(C(=O)N(C)C)C(c2ccccc2Br)NC(=S)N1c1ccccc1. The zero-order valence-corrected chi connectivity index (χ0v) is 17.3. The number of allylic oxidation sites excluding steroid dienone is 1. The maximum Gasteiger partial charge on any atom is 0.253 e. The normalized spacial score (nSPS) is 17.2. The number of para-hydroxylation sites is 1. The van der Waals surface area contributed by atoms with Gasteiger partial charge in [-0.25, -0.2) is 0 Å². The van der Waals surface area contributed by atoms with Crippen LogP contribution in [-0.2, 0) is 4.79 Å². The number of rotatable bonds is 3. The molecule has 0 spiro atoms. The van der Waals surface area contributed by atoms with Gasteiger partial charge in [0, 0.05) is 30.0 Å². The highest BCUT2D eigenvalue weighted by atomic mass is 79.9. The third-order valence-corrected chi connectivity index (χ3v) is 5.37. The zero-order valence-electron chi connectivity index (χ0n) is 14.9. The van der Waals surface area contributed by atoms with E-state index in [0.717, 1.165) is 21.4 Å². The Hall–Kier alpha value is -2.18. The summed E-state index contributed by atoms with van der Waals surface area (Å²) in [6, 6.07) is 17.4. The van der Waals surface area contributed by atoms with Crippen molar-refractivity contribution in [3.8, 4) is 0 Å². The first-order chi connectivity index (χ1) is 12.4. The predicted octanol–water partition coefficient (Wildman–Crippen LogP) is 4.25. The lowest BCUT2D eigenvalue weighted by Crippen LogP contribution is -2.49. The van der Waals surface area contributed by atoms with Crippen molar-refractivity contribution < 1.29 is 4.79 Å². The van der Waals surface area contributed by atoms with E-state index in [-0.39, 0.29) is 11.9 Å². The molecule has 6 heteroatoms. The molecule has 2 aromatic carbocycles. The lowest BCUT2D eigenvalue weighted by Gasteiger charge is -2.38. The maximum atomic E-state index is 13.0. The summed E-state index contributed by atoms with van der Waals surface area (Å²) in [5.74, 6) is -0.0424. The Labute approximate surface area is 167 Å². The number of benzene rings is 2. The van der Waals surface area contributed by atoms with E-state index in [1.165, 1.54) is 0 Å². The number of carbonyl (C=O) groups is 1. The maximum absolute atomic E-state index is 13.0. The smallest absolute Gasteiger partial charge is 0.253 e. The Bertz CT molecular complexity index is 880. The van der Waals surface area contributed by atoms with Gasteiger partial charge in [-0.3, -0.25) is 9.69 Å². The molecule has 1 unspecified atom stereocenters. The van der Waals surface area contributed by atoms with Crippen LogP contribution >= 0.6 is 28.1 Å². The molecular weight excluding hydrogens is 410 g/mol. The van der Waals surface area contributed by atoms with Gasteiger partial charge in [-0.1, -0.05) is 52.3 Å². The van der Waals surface area contributed by atoms with Gasteiger partial charge in [0.2, 0.25) is 0 Å². The van der Waals surface area contributed by atoms with Gasteiger partial charge in [0.25, 0.3) is 5.91 Å². The largest absolute Gasteiger partial charge is 0.351 e. The number of anilines is 1. The Morgan fingerprint density at radius 2 is 1.73 bits per heavy atom. The molecule has 0 radical (unpaired) electrons. The van der Waals surface area contributed by atoms with Crippen molar-refractivity contribution in [3.05, 3.63) is 75.9 Å². The van der Waals surface area contributed by atoms with Gasteiger partial charge in [-0.2, -0.15) is 0 Å². The third-order valence-electron chi connectivity index (χ3n) is 4.35. The Balaban J connectivity index is 2.19. The van der Waals surface area contributed by atoms with E-state index in [4.69, 9.17) is 12.2 Å². The summed E-state index contributed by atoms with van der Waals surface area (Å²) in [5.41, 5.74) is 3.42. The minimum atomic E-state index is -0.312. The summed E-state index contributed by atoms with van der Waals surface area (Å²) in [6.07, 6.45) is 0. The first-order valence-electron chi connectivity index (χ1n) is 8.24. The van der Waals surface area contributed by atoms with Crippen molar-refractivity contribution in [2.45, 2.75) is 13.0 Å². The van der Waals surface area contributed by atoms with E-state index in [1.54, 1.807) is 19.0 Å². The molecule has 3 rings (SSSR count). The molecular formula is C20H20BrN3OS. The summed E-state index contributed by atoms with van der Waals surface area (Å²) in [6.45, 7) is 1.95. The van der Waals surface area contributed by atoms with Crippen molar-refractivity contribution in [1.29, 1.82) is 0 Å². The monoisotopic (exact) mass is 429 g/mol. The topological polar surface area (TPSA) is 35.6 Å². The fourth-order valence-electron chi connectivity index (χ4n) is 3.09. The fourth-order valence-corrected chi connectivity index (χ4v) is 3.97. The number of carbonyl (C=O) groups excluding carboxylic acids is 1. The average Bonchev–Trinajstić information content (AvgIpc) is 2.62. The zero-order chi connectivity index (χ0) is 18.8. The molecule has 1 aliphatic rings. The second kappa shape index (κ2) is 7.60. The minimum Gasteiger partial charge on any atom is -0.351 e. The van der Waals surface area contributed by atoms with Crippen molar-refractivity contribution in [2.24, 2.45) is 0 Å². The molecule has 0 bridgehead atoms.